The number of ketones is 1. The number of esters is 3. The highest BCUT2D eigenvalue weighted by Crippen LogP contribution is 2.84. The van der Waals surface area contributed by atoms with Gasteiger partial charge < -0.3 is 38.3 Å². The summed E-state index contributed by atoms with van der Waals surface area (Å²) in [7, 11) is 1.18. The summed E-state index contributed by atoms with van der Waals surface area (Å²) in [5, 5.41) is 25.3. The standard InChI is InChI=1S/C29H34O12/c1-14(30)38-17-12-16-24(4,10-8-18(31)36-7)27(34)22(33)23(2,3)41-29(27,35)26(16,6)28-20(40-28)21(32)39-19(25(17,28)5)15-9-11-37-13-15/h8-11,13,16-17,19-20,34-35H,12H2,1-7H3/b10-8-/t16?,17-,19+,20-,24-,25+,26-,27+,28-,29+/m1/s1. The molecule has 0 aromatic carbocycles. The van der Waals surface area contributed by atoms with E-state index in [9.17, 15) is 29.4 Å². The molecule has 1 aromatic heterocycles. The van der Waals surface area contributed by atoms with Crippen LogP contribution < -0.4 is 0 Å². The first-order valence-corrected chi connectivity index (χ1v) is 13.5. The average Bonchev–Trinajstić information content (AvgIpc) is 3.39. The molecular weight excluding hydrogens is 540 g/mol. The van der Waals surface area contributed by atoms with Gasteiger partial charge in [-0.05, 0) is 39.2 Å². The number of furan rings is 1. The zero-order valence-electron chi connectivity index (χ0n) is 23.9. The minimum atomic E-state index is -2.63. The van der Waals surface area contributed by atoms with Crippen LogP contribution in [0.25, 0.3) is 0 Å². The third-order valence-electron chi connectivity index (χ3n) is 10.9. The van der Waals surface area contributed by atoms with E-state index in [0.29, 0.717) is 5.56 Å². The van der Waals surface area contributed by atoms with Gasteiger partial charge in [0.2, 0.25) is 11.6 Å². The Morgan fingerprint density at radius 2 is 1.78 bits per heavy atom. The summed E-state index contributed by atoms with van der Waals surface area (Å²) < 4.78 is 34.4. The summed E-state index contributed by atoms with van der Waals surface area (Å²) >= 11 is 0. The van der Waals surface area contributed by atoms with Gasteiger partial charge in [0.05, 0.1) is 30.5 Å². The Morgan fingerprint density at radius 3 is 2.37 bits per heavy atom. The molecule has 41 heavy (non-hydrogen) atoms. The maximum atomic E-state index is 14.1. The van der Waals surface area contributed by atoms with Gasteiger partial charge in [0.15, 0.2) is 11.7 Å². The van der Waals surface area contributed by atoms with E-state index in [1.807, 2.05) is 0 Å². The van der Waals surface area contributed by atoms with Gasteiger partial charge >= 0.3 is 17.9 Å². The van der Waals surface area contributed by atoms with E-state index in [1.54, 1.807) is 19.9 Å². The maximum absolute atomic E-state index is 14.1. The summed E-state index contributed by atoms with van der Waals surface area (Å²) in [6, 6.07) is 1.61. The van der Waals surface area contributed by atoms with Crippen molar-refractivity contribution in [3.05, 3.63) is 36.3 Å². The highest BCUT2D eigenvalue weighted by molar-refractivity contribution is 6.00. The van der Waals surface area contributed by atoms with Gasteiger partial charge in [-0.15, -0.1) is 0 Å². The third-order valence-corrected chi connectivity index (χ3v) is 10.9. The number of methoxy groups -OCH3 is 1. The Kier molecular flexibility index (Phi) is 5.38. The topological polar surface area (TPSA) is 171 Å². The Morgan fingerprint density at radius 1 is 1.10 bits per heavy atom. The van der Waals surface area contributed by atoms with Crippen LogP contribution in [-0.4, -0.2) is 75.8 Å². The number of aliphatic hydroxyl groups is 2. The Hall–Kier alpha value is -3.06. The van der Waals surface area contributed by atoms with Gasteiger partial charge in [-0.3, -0.25) is 9.59 Å². The molecule has 0 bridgehead atoms. The molecule has 1 spiro atoms. The maximum Gasteiger partial charge on any atom is 0.339 e. The number of hydrogen-bond acceptors (Lipinski definition) is 12. The van der Waals surface area contributed by atoms with Crippen LogP contribution in [0, 0.1) is 22.2 Å². The third kappa shape index (κ3) is 2.76. The molecule has 1 unspecified atom stereocenters. The van der Waals surface area contributed by atoms with Crippen molar-refractivity contribution in [1.82, 2.24) is 0 Å². The lowest BCUT2D eigenvalue weighted by atomic mass is 9.44. The van der Waals surface area contributed by atoms with Crippen molar-refractivity contribution in [2.75, 3.05) is 7.11 Å². The second kappa shape index (κ2) is 7.85. The molecule has 12 nitrogen and oxygen atoms in total. The highest BCUT2D eigenvalue weighted by Gasteiger charge is 2.99. The molecule has 10 atom stereocenters. The lowest BCUT2D eigenvalue weighted by Crippen LogP contribution is -2.73. The number of Topliss-reactive ketones (excluding diaryl/α,β-unsaturated/α-hetero) is 1. The molecule has 0 amide bonds. The smallest absolute Gasteiger partial charge is 0.339 e. The van der Waals surface area contributed by atoms with Crippen LogP contribution >= 0.6 is 0 Å². The van der Waals surface area contributed by atoms with Crippen molar-refractivity contribution in [2.45, 2.75) is 88.9 Å². The van der Waals surface area contributed by atoms with Crippen molar-refractivity contribution >= 4 is 23.7 Å². The van der Waals surface area contributed by atoms with Crippen molar-refractivity contribution in [1.29, 1.82) is 0 Å². The molecule has 3 aliphatic heterocycles. The molecule has 4 heterocycles. The summed E-state index contributed by atoms with van der Waals surface area (Å²) in [6.07, 6.45) is 1.88. The summed E-state index contributed by atoms with van der Waals surface area (Å²) in [5.41, 5.74) is -10.3. The van der Waals surface area contributed by atoms with Crippen molar-refractivity contribution in [2.24, 2.45) is 22.2 Å². The molecule has 5 fully saturated rings. The Balaban J connectivity index is 1.67. The molecule has 2 N–H and O–H groups in total. The van der Waals surface area contributed by atoms with E-state index >= 15 is 0 Å². The molecule has 6 rings (SSSR count). The van der Waals surface area contributed by atoms with Crippen LogP contribution in [0.1, 0.15) is 59.6 Å². The number of epoxide rings is 1. The van der Waals surface area contributed by atoms with Crippen LogP contribution in [0.15, 0.2) is 35.2 Å². The summed E-state index contributed by atoms with van der Waals surface area (Å²) in [6.45, 7) is 8.99. The molecule has 1 aromatic rings. The van der Waals surface area contributed by atoms with Gasteiger partial charge in [-0.1, -0.05) is 19.9 Å². The van der Waals surface area contributed by atoms with E-state index in [0.717, 1.165) is 6.08 Å². The molecule has 12 heteroatoms. The minimum Gasteiger partial charge on any atom is -0.472 e. The van der Waals surface area contributed by atoms with Crippen LogP contribution in [0.4, 0.5) is 0 Å². The molecule has 5 aliphatic rings. The van der Waals surface area contributed by atoms with Crippen molar-refractivity contribution in [3.63, 3.8) is 0 Å². The lowest BCUT2D eigenvalue weighted by molar-refractivity contribution is -0.347. The first-order chi connectivity index (χ1) is 18.9. The predicted molar refractivity (Wildman–Crippen MR) is 134 cm³/mol. The summed E-state index contributed by atoms with van der Waals surface area (Å²) in [5.74, 6) is -6.49. The van der Waals surface area contributed by atoms with E-state index in [4.69, 9.17) is 28.1 Å². The number of cyclic esters (lactones) is 1. The number of fused-ring (bicyclic) bond motifs is 3. The van der Waals surface area contributed by atoms with Crippen LogP contribution in [0.2, 0.25) is 0 Å². The van der Waals surface area contributed by atoms with Gasteiger partial charge in [0.25, 0.3) is 0 Å². The predicted octanol–water partition coefficient (Wildman–Crippen LogP) is 1.53. The molecular formula is C29H34O12. The van der Waals surface area contributed by atoms with E-state index in [2.05, 4.69) is 0 Å². The second-order valence-electron chi connectivity index (χ2n) is 12.9. The first-order valence-electron chi connectivity index (χ1n) is 13.5. The largest absolute Gasteiger partial charge is 0.472 e. The second-order valence-corrected chi connectivity index (χ2v) is 12.9. The van der Waals surface area contributed by atoms with Crippen LogP contribution in [0.3, 0.4) is 0 Å². The number of carbonyl (C=O) groups excluding carboxylic acids is 4. The molecule has 3 saturated heterocycles. The normalized spacial score (nSPS) is 49.0. The van der Waals surface area contributed by atoms with E-state index in [1.165, 1.54) is 53.4 Å². The fourth-order valence-electron chi connectivity index (χ4n) is 9.10. The van der Waals surface area contributed by atoms with Gasteiger partial charge in [-0.2, -0.15) is 0 Å². The van der Waals surface area contributed by atoms with E-state index < -0.39 is 86.8 Å². The monoisotopic (exact) mass is 574 g/mol. The minimum absolute atomic E-state index is 0.0278. The van der Waals surface area contributed by atoms with Gasteiger partial charge in [0, 0.05) is 24.0 Å². The molecule has 2 saturated carbocycles. The number of carbonyl (C=O) groups is 4. The highest BCUT2D eigenvalue weighted by atomic mass is 16.7. The average molecular weight is 575 g/mol. The SMILES string of the molecule is COC(=O)/C=C\[C@]1(C)C2C[C@@H](OC(C)=O)[C@@]3(C)[C@H](c4ccoc4)OC(=O)[C@H]4O[C@]43[C@]2(C)[C@]2(O)OC(C)(C)C(=O)[C@@]21O. The van der Waals surface area contributed by atoms with Crippen LogP contribution in [0.5, 0.6) is 0 Å². The lowest BCUT2D eigenvalue weighted by Gasteiger charge is -2.61. The van der Waals surface area contributed by atoms with Crippen LogP contribution in [-0.2, 0) is 42.9 Å². The fourth-order valence-corrected chi connectivity index (χ4v) is 9.10. The van der Waals surface area contributed by atoms with Crippen molar-refractivity contribution in [3.8, 4) is 0 Å². The van der Waals surface area contributed by atoms with Gasteiger partial charge in [0.1, 0.15) is 23.4 Å². The number of hydrogen-bond donors (Lipinski definition) is 2. The fraction of sp³-hybridized carbons (Fsp3) is 0.655. The first kappa shape index (κ1) is 28.1. The van der Waals surface area contributed by atoms with Gasteiger partial charge in [-0.25, -0.2) is 9.59 Å². The summed E-state index contributed by atoms with van der Waals surface area (Å²) in [4.78, 5) is 52.3. The Labute approximate surface area is 235 Å². The van der Waals surface area contributed by atoms with Crippen molar-refractivity contribution < 1.29 is 57.5 Å². The Bertz CT molecular complexity index is 1400. The zero-order valence-corrected chi connectivity index (χ0v) is 23.9. The number of rotatable bonds is 4. The zero-order chi connectivity index (χ0) is 30.2. The molecule has 2 aliphatic carbocycles. The van der Waals surface area contributed by atoms with E-state index in [-0.39, 0.29) is 6.42 Å². The molecule has 222 valence electrons. The molecule has 0 radical (unpaired) electrons. The quantitative estimate of drug-likeness (QED) is 0.230. The number of ether oxygens (including phenoxy) is 5.